The number of rotatable bonds is 3. The van der Waals surface area contributed by atoms with E-state index in [1.54, 1.807) is 29.5 Å². The van der Waals surface area contributed by atoms with Crippen LogP contribution in [0.25, 0.3) is 10.6 Å². The van der Waals surface area contributed by atoms with Crippen molar-refractivity contribution in [3.8, 4) is 10.6 Å². The molecule has 0 fully saturated rings. The third-order valence-corrected chi connectivity index (χ3v) is 3.21. The topological polar surface area (TPSA) is 50.2 Å². The summed E-state index contributed by atoms with van der Waals surface area (Å²) in [4.78, 5) is 15.3. The van der Waals surface area contributed by atoms with Crippen molar-refractivity contribution in [2.45, 2.75) is 13.3 Å². The van der Waals surface area contributed by atoms with E-state index in [4.69, 9.17) is 5.11 Å². The van der Waals surface area contributed by atoms with Crippen molar-refractivity contribution >= 4 is 17.3 Å². The molecule has 4 heteroatoms. The van der Waals surface area contributed by atoms with Gasteiger partial charge in [-0.2, -0.15) is 0 Å². The van der Waals surface area contributed by atoms with Gasteiger partial charge in [-0.25, -0.2) is 9.78 Å². The van der Waals surface area contributed by atoms with Crippen LogP contribution in [-0.4, -0.2) is 16.1 Å². The van der Waals surface area contributed by atoms with Crippen LogP contribution in [0.4, 0.5) is 0 Å². The maximum absolute atomic E-state index is 10.8. The monoisotopic (exact) mass is 233 g/mol. The van der Waals surface area contributed by atoms with Crippen molar-refractivity contribution in [2.75, 3.05) is 0 Å². The average molecular weight is 233 g/mol. The maximum atomic E-state index is 10.8. The molecule has 0 unspecified atom stereocenters. The zero-order valence-electron chi connectivity index (χ0n) is 8.80. The Morgan fingerprint density at radius 3 is 2.94 bits per heavy atom. The van der Waals surface area contributed by atoms with Crippen LogP contribution in [0.1, 0.15) is 23.0 Å². The highest BCUT2D eigenvalue weighted by Gasteiger charge is 2.07. The summed E-state index contributed by atoms with van der Waals surface area (Å²) in [5, 5.41) is 11.8. The second-order valence-electron chi connectivity index (χ2n) is 3.38. The number of aromatic carboxylic acids is 1. The number of aryl methyl sites for hydroxylation is 1. The summed E-state index contributed by atoms with van der Waals surface area (Å²) in [5.74, 6) is -0.908. The highest BCUT2D eigenvalue weighted by Crippen LogP contribution is 2.24. The van der Waals surface area contributed by atoms with E-state index in [0.717, 1.165) is 22.7 Å². The van der Waals surface area contributed by atoms with Gasteiger partial charge in [-0.15, -0.1) is 11.3 Å². The maximum Gasteiger partial charge on any atom is 0.335 e. The van der Waals surface area contributed by atoms with Crippen molar-refractivity contribution in [3.63, 3.8) is 0 Å². The highest BCUT2D eigenvalue weighted by molar-refractivity contribution is 7.13. The van der Waals surface area contributed by atoms with Crippen molar-refractivity contribution in [1.82, 2.24) is 4.98 Å². The van der Waals surface area contributed by atoms with Crippen LogP contribution < -0.4 is 0 Å². The minimum absolute atomic E-state index is 0.297. The van der Waals surface area contributed by atoms with Gasteiger partial charge in [0.15, 0.2) is 0 Å². The Hall–Kier alpha value is -1.68. The van der Waals surface area contributed by atoms with Gasteiger partial charge in [-0.1, -0.05) is 19.1 Å². The first kappa shape index (κ1) is 10.8. The van der Waals surface area contributed by atoms with Crippen LogP contribution in [0.2, 0.25) is 0 Å². The quantitative estimate of drug-likeness (QED) is 0.886. The van der Waals surface area contributed by atoms with E-state index in [-0.39, 0.29) is 0 Å². The molecule has 0 radical (unpaired) electrons. The first-order valence-electron chi connectivity index (χ1n) is 4.99. The lowest BCUT2D eigenvalue weighted by atomic mass is 10.1. The summed E-state index contributed by atoms with van der Waals surface area (Å²) in [6.07, 6.45) is 0.898. The number of carboxylic acids is 1. The van der Waals surface area contributed by atoms with Crippen LogP contribution in [0.3, 0.4) is 0 Å². The van der Waals surface area contributed by atoms with E-state index >= 15 is 0 Å². The normalized spacial score (nSPS) is 10.3. The van der Waals surface area contributed by atoms with Crippen molar-refractivity contribution in [2.24, 2.45) is 0 Å². The molecule has 2 rings (SSSR count). The number of aromatic nitrogens is 1. The van der Waals surface area contributed by atoms with E-state index in [1.165, 1.54) is 0 Å². The molecule has 0 bridgehead atoms. The van der Waals surface area contributed by atoms with Crippen LogP contribution >= 0.6 is 11.3 Å². The summed E-state index contributed by atoms with van der Waals surface area (Å²) in [5.41, 5.74) is 2.20. The Balaban J connectivity index is 2.40. The molecule has 0 atom stereocenters. The Morgan fingerprint density at radius 2 is 2.31 bits per heavy atom. The molecule has 1 aromatic heterocycles. The third-order valence-electron chi connectivity index (χ3n) is 2.27. The zero-order valence-corrected chi connectivity index (χ0v) is 9.62. The summed E-state index contributed by atoms with van der Waals surface area (Å²) in [6, 6.07) is 6.86. The number of hydrogen-bond acceptors (Lipinski definition) is 3. The number of carboxylic acid groups (broad SMARTS) is 1. The Kier molecular flexibility index (Phi) is 3.01. The molecule has 0 aliphatic heterocycles. The van der Waals surface area contributed by atoms with Crippen LogP contribution in [-0.2, 0) is 6.42 Å². The van der Waals surface area contributed by atoms with Gasteiger partial charge in [0, 0.05) is 10.9 Å². The van der Waals surface area contributed by atoms with E-state index in [2.05, 4.69) is 4.98 Å². The van der Waals surface area contributed by atoms with Crippen molar-refractivity contribution in [1.29, 1.82) is 0 Å². The molecule has 16 heavy (non-hydrogen) atoms. The molecule has 3 nitrogen and oxygen atoms in total. The van der Waals surface area contributed by atoms with Crippen molar-refractivity contribution in [3.05, 3.63) is 40.9 Å². The molecule has 0 saturated carbocycles. The minimum atomic E-state index is -0.908. The second-order valence-corrected chi connectivity index (χ2v) is 4.24. The summed E-state index contributed by atoms with van der Waals surface area (Å²) in [7, 11) is 0. The molecule has 1 aromatic carbocycles. The third kappa shape index (κ3) is 2.12. The van der Waals surface area contributed by atoms with Gasteiger partial charge in [0.25, 0.3) is 0 Å². The fourth-order valence-corrected chi connectivity index (χ4v) is 2.29. The van der Waals surface area contributed by atoms with E-state index in [9.17, 15) is 4.79 Å². The molecule has 0 spiro atoms. The lowest BCUT2D eigenvalue weighted by Crippen LogP contribution is -1.95. The summed E-state index contributed by atoms with van der Waals surface area (Å²) in [6.45, 7) is 2.05. The Labute approximate surface area is 97.4 Å². The minimum Gasteiger partial charge on any atom is -0.478 e. The fraction of sp³-hybridized carbons (Fsp3) is 0.167. The summed E-state index contributed by atoms with van der Waals surface area (Å²) < 4.78 is 0. The van der Waals surface area contributed by atoms with Gasteiger partial charge in [0.2, 0.25) is 0 Å². The van der Waals surface area contributed by atoms with Crippen LogP contribution in [0, 0.1) is 0 Å². The van der Waals surface area contributed by atoms with Crippen LogP contribution in [0.15, 0.2) is 29.6 Å². The lowest BCUT2D eigenvalue weighted by molar-refractivity contribution is 0.0697. The van der Waals surface area contributed by atoms with Crippen molar-refractivity contribution < 1.29 is 9.90 Å². The average Bonchev–Trinajstić information content (AvgIpc) is 2.77. The Bertz CT molecular complexity index is 519. The summed E-state index contributed by atoms with van der Waals surface area (Å²) >= 11 is 1.54. The molecule has 1 heterocycles. The first-order chi connectivity index (χ1) is 7.70. The molecule has 82 valence electrons. The van der Waals surface area contributed by atoms with Gasteiger partial charge in [0.1, 0.15) is 5.01 Å². The number of carbonyl (C=O) groups is 1. The molecule has 0 amide bonds. The number of thiazole rings is 1. The molecular weight excluding hydrogens is 222 g/mol. The largest absolute Gasteiger partial charge is 0.478 e. The number of hydrogen-bond donors (Lipinski definition) is 1. The molecule has 2 aromatic rings. The van der Waals surface area contributed by atoms with Gasteiger partial charge in [-0.3, -0.25) is 0 Å². The van der Waals surface area contributed by atoms with E-state index < -0.39 is 5.97 Å². The first-order valence-corrected chi connectivity index (χ1v) is 5.87. The number of benzene rings is 1. The molecule has 0 saturated heterocycles. The van der Waals surface area contributed by atoms with E-state index in [1.807, 2.05) is 18.4 Å². The molecule has 1 N–H and O–H groups in total. The van der Waals surface area contributed by atoms with Gasteiger partial charge < -0.3 is 5.11 Å². The van der Waals surface area contributed by atoms with Crippen LogP contribution in [0.5, 0.6) is 0 Å². The fourth-order valence-electron chi connectivity index (χ4n) is 1.39. The molecular formula is C12H11NO2S. The Morgan fingerprint density at radius 1 is 1.50 bits per heavy atom. The van der Waals surface area contributed by atoms with Gasteiger partial charge >= 0.3 is 5.97 Å². The second kappa shape index (κ2) is 4.45. The standard InChI is InChI=1S/C12H11NO2S/c1-2-10-7-16-11(13-10)8-4-3-5-9(6-8)12(14)15/h3-7H,2H2,1H3,(H,14,15). The SMILES string of the molecule is CCc1csc(-c2cccc(C(=O)O)c2)n1. The lowest BCUT2D eigenvalue weighted by Gasteiger charge is -1.98. The molecule has 0 aliphatic rings. The smallest absolute Gasteiger partial charge is 0.335 e. The zero-order chi connectivity index (χ0) is 11.5. The van der Waals surface area contributed by atoms with Gasteiger partial charge in [0.05, 0.1) is 11.3 Å². The number of nitrogens with zero attached hydrogens (tertiary/aromatic N) is 1. The predicted molar refractivity (Wildman–Crippen MR) is 63.9 cm³/mol. The van der Waals surface area contributed by atoms with E-state index in [0.29, 0.717) is 5.56 Å². The molecule has 0 aliphatic carbocycles. The highest BCUT2D eigenvalue weighted by atomic mass is 32.1. The predicted octanol–water partition coefficient (Wildman–Crippen LogP) is 3.07. The van der Waals surface area contributed by atoms with Gasteiger partial charge in [-0.05, 0) is 18.6 Å².